The number of nitrogens with one attached hydrogen (secondary N) is 1. The monoisotopic (exact) mass is 390 g/mol. The molecule has 1 aromatic heterocycles. The van der Waals surface area contributed by atoms with Gasteiger partial charge in [0.2, 0.25) is 0 Å². The van der Waals surface area contributed by atoms with Crippen LogP contribution in [0.15, 0.2) is 60.8 Å². The van der Waals surface area contributed by atoms with Crippen LogP contribution in [0.3, 0.4) is 0 Å². The molecule has 1 N–H and O–H groups in total. The van der Waals surface area contributed by atoms with Crippen LogP contribution in [0.2, 0.25) is 0 Å². The fraction of sp³-hybridized carbons (Fsp3) is 0.0526. The Balaban J connectivity index is 1.78. The van der Waals surface area contributed by atoms with E-state index < -0.39 is 15.8 Å². The maximum atomic E-state index is 11.1. The van der Waals surface area contributed by atoms with E-state index in [1.807, 2.05) is 54.6 Å². The van der Waals surface area contributed by atoms with E-state index in [0.717, 1.165) is 21.6 Å². The Bertz CT molecular complexity index is 931. The molecule has 0 saturated carbocycles. The van der Waals surface area contributed by atoms with Crippen molar-refractivity contribution in [1.82, 2.24) is 9.97 Å². The van der Waals surface area contributed by atoms with E-state index in [-0.39, 0.29) is 5.91 Å². The van der Waals surface area contributed by atoms with Gasteiger partial charge < -0.3 is 0 Å². The predicted octanol–water partition coefficient (Wildman–Crippen LogP) is 1.36. The molecule has 0 bridgehead atoms. The van der Waals surface area contributed by atoms with Crippen molar-refractivity contribution in [1.29, 1.82) is 5.26 Å². The first-order chi connectivity index (χ1) is 12.1. The predicted molar refractivity (Wildman–Crippen MR) is 99.3 cm³/mol. The fourth-order valence-electron chi connectivity index (χ4n) is 2.26. The van der Waals surface area contributed by atoms with Gasteiger partial charge in [0.15, 0.2) is 0 Å². The van der Waals surface area contributed by atoms with Gasteiger partial charge in [0.25, 0.3) is 0 Å². The van der Waals surface area contributed by atoms with Crippen LogP contribution in [-0.4, -0.2) is 31.6 Å². The molecular weight excluding hydrogens is 375 g/mol. The van der Waals surface area contributed by atoms with Crippen LogP contribution in [-0.2, 0) is 4.79 Å². The second-order valence-electron chi connectivity index (χ2n) is 5.34. The molecule has 0 aliphatic carbocycles. The van der Waals surface area contributed by atoms with Gasteiger partial charge in [0, 0.05) is 0 Å². The van der Waals surface area contributed by atoms with Crippen LogP contribution in [0.1, 0.15) is 12.5 Å². The van der Waals surface area contributed by atoms with Gasteiger partial charge >= 0.3 is 152 Å². The van der Waals surface area contributed by atoms with Gasteiger partial charge in [0.05, 0.1) is 0 Å². The van der Waals surface area contributed by atoms with Gasteiger partial charge in [-0.2, -0.15) is 0 Å². The molecule has 5 nitrogen and oxygen atoms in total. The fourth-order valence-corrected chi connectivity index (χ4v) is 4.17. The van der Waals surface area contributed by atoms with Crippen molar-refractivity contribution >= 4 is 36.3 Å². The summed E-state index contributed by atoms with van der Waals surface area (Å²) in [5.74, 6) is -0.0927. The molecular formula is C19H15AsN4O. The number of rotatable bonds is 4. The van der Waals surface area contributed by atoms with Crippen LogP contribution in [0.25, 0.3) is 11.3 Å². The maximum absolute atomic E-state index is 11.1. The summed E-state index contributed by atoms with van der Waals surface area (Å²) in [5, 5.41) is 11.6. The van der Waals surface area contributed by atoms with E-state index in [1.165, 1.54) is 11.3 Å². The molecule has 122 valence electrons. The zero-order chi connectivity index (χ0) is 17.6. The minimum absolute atomic E-state index is 0.0927. The molecule has 0 aliphatic rings. The van der Waals surface area contributed by atoms with E-state index in [1.54, 1.807) is 6.20 Å². The van der Waals surface area contributed by atoms with Gasteiger partial charge in [-0.1, -0.05) is 0 Å². The standard InChI is InChI=1S/C19H15AsN4O/c1-13(25)23-17-8-4-15(5-9-17)18-10-11-22-19(24-18)20-16-6-2-14(12-21)3-7-16/h2-11,20H,1H3,(H,23,25). The van der Waals surface area contributed by atoms with Gasteiger partial charge in [-0.3, -0.25) is 0 Å². The van der Waals surface area contributed by atoms with Crippen molar-refractivity contribution in [3.8, 4) is 17.3 Å². The molecule has 0 aliphatic heterocycles. The number of amides is 1. The number of hydrogen-bond acceptors (Lipinski definition) is 4. The number of carbonyl (C=O) groups is 1. The Hall–Kier alpha value is -2.96. The van der Waals surface area contributed by atoms with Gasteiger partial charge in [0.1, 0.15) is 0 Å². The van der Waals surface area contributed by atoms with E-state index in [4.69, 9.17) is 5.26 Å². The molecule has 1 heterocycles. The molecule has 1 atom stereocenters. The van der Waals surface area contributed by atoms with Gasteiger partial charge in [-0.25, -0.2) is 0 Å². The van der Waals surface area contributed by atoms with Crippen molar-refractivity contribution in [2.24, 2.45) is 0 Å². The average molecular weight is 390 g/mol. The second-order valence-corrected chi connectivity index (χ2v) is 8.01. The zero-order valence-electron chi connectivity index (χ0n) is 13.5. The molecule has 0 saturated heterocycles. The zero-order valence-corrected chi connectivity index (χ0v) is 15.6. The number of aromatic nitrogens is 2. The Kier molecular flexibility index (Phi) is 5.23. The van der Waals surface area contributed by atoms with Crippen LogP contribution < -0.4 is 14.3 Å². The summed E-state index contributed by atoms with van der Waals surface area (Å²) in [5.41, 5.74) is 3.25. The summed E-state index contributed by atoms with van der Waals surface area (Å²) in [4.78, 5) is 20.1. The number of hydrogen-bond donors (Lipinski definition) is 1. The third kappa shape index (κ3) is 4.53. The summed E-state index contributed by atoms with van der Waals surface area (Å²) in [6.07, 6.45) is 1.77. The summed E-state index contributed by atoms with van der Waals surface area (Å²) in [6, 6.07) is 19.2. The molecule has 1 unspecified atom stereocenters. The van der Waals surface area contributed by atoms with Crippen molar-refractivity contribution in [2.45, 2.75) is 6.92 Å². The van der Waals surface area contributed by atoms with Crippen LogP contribution in [0, 0.1) is 11.3 Å². The number of nitriles is 1. The SMILES string of the molecule is CC(=O)Nc1ccc(-c2ccnc([AsH]c3ccc(C#N)cc3)n2)cc1. The molecule has 1 amide bonds. The summed E-state index contributed by atoms with van der Waals surface area (Å²) < 4.78 is 2.02. The Labute approximate surface area is 152 Å². The average Bonchev–Trinajstić information content (AvgIpc) is 2.63. The second kappa shape index (κ2) is 7.74. The van der Waals surface area contributed by atoms with Crippen LogP contribution in [0.5, 0.6) is 0 Å². The van der Waals surface area contributed by atoms with Gasteiger partial charge in [-0.05, 0) is 0 Å². The molecule has 2 aromatic carbocycles. The van der Waals surface area contributed by atoms with E-state index in [9.17, 15) is 4.79 Å². The Morgan fingerprint density at radius 1 is 1.08 bits per heavy atom. The van der Waals surface area contributed by atoms with E-state index in [0.29, 0.717) is 5.56 Å². The van der Waals surface area contributed by atoms with Crippen LogP contribution in [0.4, 0.5) is 5.69 Å². The molecule has 0 spiro atoms. The number of anilines is 1. The van der Waals surface area contributed by atoms with Gasteiger partial charge in [-0.15, -0.1) is 0 Å². The molecule has 6 heteroatoms. The summed E-state index contributed by atoms with van der Waals surface area (Å²) >= 11 is -0.656. The van der Waals surface area contributed by atoms with E-state index >= 15 is 0 Å². The van der Waals surface area contributed by atoms with Crippen LogP contribution >= 0.6 is 0 Å². The number of benzene rings is 2. The summed E-state index contributed by atoms with van der Waals surface area (Å²) in [7, 11) is 0. The van der Waals surface area contributed by atoms with Crippen molar-refractivity contribution < 1.29 is 4.79 Å². The van der Waals surface area contributed by atoms with Crippen molar-refractivity contribution in [3.63, 3.8) is 0 Å². The van der Waals surface area contributed by atoms with Crippen molar-refractivity contribution in [3.05, 3.63) is 66.4 Å². The number of nitrogens with zero attached hydrogens (tertiary/aromatic N) is 3. The third-order valence-corrected chi connectivity index (χ3v) is 5.71. The first-order valence-corrected chi connectivity index (χ1v) is 9.72. The van der Waals surface area contributed by atoms with E-state index in [2.05, 4.69) is 21.4 Å². The first kappa shape index (κ1) is 16.9. The summed E-state index contributed by atoms with van der Waals surface area (Å²) in [6.45, 7) is 1.48. The first-order valence-electron chi connectivity index (χ1n) is 7.62. The third-order valence-electron chi connectivity index (χ3n) is 3.43. The molecule has 0 fully saturated rings. The Morgan fingerprint density at radius 2 is 1.80 bits per heavy atom. The molecule has 3 rings (SSSR count). The molecule has 3 aromatic rings. The topological polar surface area (TPSA) is 78.7 Å². The Morgan fingerprint density at radius 3 is 2.44 bits per heavy atom. The van der Waals surface area contributed by atoms with Crippen molar-refractivity contribution in [2.75, 3.05) is 5.32 Å². The quantitative estimate of drug-likeness (QED) is 0.683. The molecule has 0 radical (unpaired) electrons. The number of carbonyl (C=O) groups excluding carboxylic acids is 1. The normalized spacial score (nSPS) is 10.6. The minimum atomic E-state index is -0.656. The molecule has 25 heavy (non-hydrogen) atoms.